The predicted octanol–water partition coefficient (Wildman–Crippen LogP) is 3.33. The molecule has 2 rings (SSSR count). The third kappa shape index (κ3) is 4.33. The molecule has 2 heterocycles. The van der Waals surface area contributed by atoms with Crippen molar-refractivity contribution in [2.75, 3.05) is 17.2 Å². The minimum atomic E-state index is 0.193. The van der Waals surface area contributed by atoms with Crippen LogP contribution in [0.2, 0.25) is 5.28 Å². The SMILES string of the molecule is CCCNc1nc(Cl)nc(NCc2ccc(C)s2)n1. The van der Waals surface area contributed by atoms with E-state index in [2.05, 4.69) is 51.6 Å². The van der Waals surface area contributed by atoms with Crippen LogP contribution in [-0.4, -0.2) is 21.5 Å². The minimum absolute atomic E-state index is 0.193. The van der Waals surface area contributed by atoms with Gasteiger partial charge in [-0.2, -0.15) is 15.0 Å². The fourth-order valence-electron chi connectivity index (χ4n) is 1.49. The van der Waals surface area contributed by atoms with Gasteiger partial charge in [0.1, 0.15) is 0 Å². The number of nitrogens with one attached hydrogen (secondary N) is 2. The molecule has 0 spiro atoms. The number of hydrogen-bond donors (Lipinski definition) is 2. The van der Waals surface area contributed by atoms with Gasteiger partial charge in [0.25, 0.3) is 0 Å². The summed E-state index contributed by atoms with van der Waals surface area (Å²) < 4.78 is 0. The minimum Gasteiger partial charge on any atom is -0.354 e. The molecular formula is C12H16ClN5S. The fourth-order valence-corrected chi connectivity index (χ4v) is 2.48. The van der Waals surface area contributed by atoms with Crippen LogP contribution >= 0.6 is 22.9 Å². The summed E-state index contributed by atoms with van der Waals surface area (Å²) in [6.45, 7) is 5.66. The van der Waals surface area contributed by atoms with E-state index < -0.39 is 0 Å². The molecule has 2 N–H and O–H groups in total. The Morgan fingerprint density at radius 3 is 2.53 bits per heavy atom. The Labute approximate surface area is 121 Å². The van der Waals surface area contributed by atoms with E-state index in [4.69, 9.17) is 11.6 Å². The summed E-state index contributed by atoms with van der Waals surface area (Å²) in [6, 6.07) is 4.18. The highest BCUT2D eigenvalue weighted by Crippen LogP contribution is 2.16. The van der Waals surface area contributed by atoms with E-state index in [1.54, 1.807) is 11.3 Å². The van der Waals surface area contributed by atoms with Gasteiger partial charge >= 0.3 is 0 Å². The quantitative estimate of drug-likeness (QED) is 0.856. The van der Waals surface area contributed by atoms with E-state index in [0.717, 1.165) is 13.0 Å². The molecule has 0 unspecified atom stereocenters. The van der Waals surface area contributed by atoms with Crippen LogP contribution in [0.5, 0.6) is 0 Å². The van der Waals surface area contributed by atoms with Crippen LogP contribution in [-0.2, 0) is 6.54 Å². The van der Waals surface area contributed by atoms with Crippen molar-refractivity contribution in [1.29, 1.82) is 0 Å². The van der Waals surface area contributed by atoms with Crippen molar-refractivity contribution in [3.8, 4) is 0 Å². The molecule has 0 aliphatic heterocycles. The van der Waals surface area contributed by atoms with Crippen molar-refractivity contribution < 1.29 is 0 Å². The Morgan fingerprint density at radius 2 is 1.89 bits per heavy atom. The highest BCUT2D eigenvalue weighted by molar-refractivity contribution is 7.11. The average molecular weight is 298 g/mol. The van der Waals surface area contributed by atoms with Crippen molar-refractivity contribution in [1.82, 2.24) is 15.0 Å². The maximum atomic E-state index is 5.88. The van der Waals surface area contributed by atoms with Gasteiger partial charge < -0.3 is 10.6 Å². The van der Waals surface area contributed by atoms with Crippen LogP contribution < -0.4 is 10.6 Å². The molecule has 5 nitrogen and oxygen atoms in total. The number of halogens is 1. The van der Waals surface area contributed by atoms with Gasteiger partial charge in [-0.3, -0.25) is 0 Å². The van der Waals surface area contributed by atoms with Gasteiger partial charge in [0.2, 0.25) is 17.2 Å². The summed E-state index contributed by atoms with van der Waals surface area (Å²) in [5, 5.41) is 6.44. The summed E-state index contributed by atoms with van der Waals surface area (Å²) in [5.74, 6) is 0.997. The first-order valence-electron chi connectivity index (χ1n) is 6.12. The lowest BCUT2D eigenvalue weighted by atomic mass is 10.4. The van der Waals surface area contributed by atoms with Crippen LogP contribution in [0.25, 0.3) is 0 Å². The first-order valence-corrected chi connectivity index (χ1v) is 7.31. The maximum absolute atomic E-state index is 5.88. The molecular weight excluding hydrogens is 282 g/mol. The lowest BCUT2D eigenvalue weighted by Gasteiger charge is -2.06. The highest BCUT2D eigenvalue weighted by Gasteiger charge is 2.05. The number of thiophene rings is 1. The van der Waals surface area contributed by atoms with Gasteiger partial charge in [0, 0.05) is 16.3 Å². The van der Waals surface area contributed by atoms with E-state index in [9.17, 15) is 0 Å². The van der Waals surface area contributed by atoms with Crippen LogP contribution in [0.3, 0.4) is 0 Å². The van der Waals surface area contributed by atoms with E-state index in [1.807, 2.05) is 0 Å². The average Bonchev–Trinajstić information content (AvgIpc) is 2.79. The third-order valence-electron chi connectivity index (χ3n) is 2.36. The molecule has 2 aromatic heterocycles. The van der Waals surface area contributed by atoms with Crippen molar-refractivity contribution in [3.63, 3.8) is 0 Å². The zero-order chi connectivity index (χ0) is 13.7. The molecule has 0 bridgehead atoms. The zero-order valence-electron chi connectivity index (χ0n) is 10.9. The Hall–Kier alpha value is -1.40. The van der Waals surface area contributed by atoms with Crippen LogP contribution in [0.1, 0.15) is 23.1 Å². The largest absolute Gasteiger partial charge is 0.354 e. The van der Waals surface area contributed by atoms with Crippen molar-refractivity contribution in [2.24, 2.45) is 0 Å². The zero-order valence-corrected chi connectivity index (χ0v) is 12.5. The molecule has 0 radical (unpaired) electrons. The summed E-state index contributed by atoms with van der Waals surface area (Å²) >= 11 is 7.62. The lowest BCUT2D eigenvalue weighted by molar-refractivity contribution is 0.934. The van der Waals surface area contributed by atoms with Gasteiger partial charge in [0.15, 0.2) is 0 Å². The molecule has 19 heavy (non-hydrogen) atoms. The van der Waals surface area contributed by atoms with Gasteiger partial charge in [-0.25, -0.2) is 0 Å². The molecule has 0 aromatic carbocycles. The molecule has 0 amide bonds. The van der Waals surface area contributed by atoms with Gasteiger partial charge in [0.05, 0.1) is 6.54 Å². The number of nitrogens with zero attached hydrogens (tertiary/aromatic N) is 3. The van der Waals surface area contributed by atoms with E-state index >= 15 is 0 Å². The van der Waals surface area contributed by atoms with Crippen molar-refractivity contribution in [3.05, 3.63) is 27.2 Å². The van der Waals surface area contributed by atoms with Crippen LogP contribution in [0.15, 0.2) is 12.1 Å². The Balaban J connectivity index is 2.01. The van der Waals surface area contributed by atoms with Crippen molar-refractivity contribution >= 4 is 34.8 Å². The van der Waals surface area contributed by atoms with Crippen LogP contribution in [0.4, 0.5) is 11.9 Å². The van der Waals surface area contributed by atoms with Gasteiger partial charge in [-0.15, -0.1) is 11.3 Å². The number of aryl methyl sites for hydroxylation is 1. The van der Waals surface area contributed by atoms with Crippen molar-refractivity contribution in [2.45, 2.75) is 26.8 Å². The number of aromatic nitrogens is 3. The number of hydrogen-bond acceptors (Lipinski definition) is 6. The highest BCUT2D eigenvalue weighted by atomic mass is 35.5. The second-order valence-corrected chi connectivity index (χ2v) is 5.75. The summed E-state index contributed by atoms with van der Waals surface area (Å²) in [4.78, 5) is 14.9. The molecule has 7 heteroatoms. The van der Waals surface area contributed by atoms with Gasteiger partial charge in [-0.05, 0) is 37.1 Å². The van der Waals surface area contributed by atoms with E-state index in [-0.39, 0.29) is 5.28 Å². The Morgan fingerprint density at radius 1 is 1.16 bits per heavy atom. The van der Waals surface area contributed by atoms with Crippen LogP contribution in [0, 0.1) is 6.92 Å². The molecule has 102 valence electrons. The Bertz CT molecular complexity index is 543. The monoisotopic (exact) mass is 297 g/mol. The normalized spacial score (nSPS) is 10.5. The second-order valence-electron chi connectivity index (χ2n) is 4.04. The van der Waals surface area contributed by atoms with Gasteiger partial charge in [-0.1, -0.05) is 6.92 Å². The second kappa shape index (κ2) is 6.68. The number of anilines is 2. The number of rotatable bonds is 6. The maximum Gasteiger partial charge on any atom is 0.229 e. The molecule has 2 aromatic rings. The Kier molecular flexibility index (Phi) is 4.93. The summed E-state index contributed by atoms with van der Waals surface area (Å²) in [5.41, 5.74) is 0. The molecule has 0 aliphatic rings. The van der Waals surface area contributed by atoms with E-state index in [0.29, 0.717) is 18.4 Å². The third-order valence-corrected chi connectivity index (χ3v) is 3.53. The molecule has 0 saturated carbocycles. The topological polar surface area (TPSA) is 62.7 Å². The molecule has 0 fully saturated rings. The first-order chi connectivity index (χ1) is 9.17. The molecule has 0 atom stereocenters. The molecule has 0 aliphatic carbocycles. The first kappa shape index (κ1) is 14.0. The lowest BCUT2D eigenvalue weighted by Crippen LogP contribution is -2.09. The predicted molar refractivity (Wildman–Crippen MR) is 80.0 cm³/mol. The van der Waals surface area contributed by atoms with E-state index in [1.165, 1.54) is 9.75 Å². The fraction of sp³-hybridized carbons (Fsp3) is 0.417. The smallest absolute Gasteiger partial charge is 0.229 e. The standard InChI is InChI=1S/C12H16ClN5S/c1-3-6-14-11-16-10(13)17-12(18-11)15-7-9-5-4-8(2)19-9/h4-5H,3,6-7H2,1-2H3,(H2,14,15,16,17,18). The molecule has 0 saturated heterocycles. The summed E-state index contributed by atoms with van der Waals surface area (Å²) in [6.07, 6.45) is 1.00. The summed E-state index contributed by atoms with van der Waals surface area (Å²) in [7, 11) is 0.